The molecule has 13 heavy (non-hydrogen) atoms. The molecule has 0 aliphatic rings. The lowest BCUT2D eigenvalue weighted by molar-refractivity contribution is -0.146. The van der Waals surface area contributed by atoms with Crippen LogP contribution in [-0.4, -0.2) is 27.3 Å². The molecule has 0 spiro atoms. The first-order valence-electron chi connectivity index (χ1n) is 3.88. The van der Waals surface area contributed by atoms with Crippen LogP contribution in [0.2, 0.25) is 0 Å². The second kappa shape index (κ2) is 4.36. The fraction of sp³-hybridized carbons (Fsp3) is 0.571. The second-order valence-corrected chi connectivity index (χ2v) is 3.13. The van der Waals surface area contributed by atoms with Crippen LogP contribution in [0.15, 0.2) is 11.1 Å². The van der Waals surface area contributed by atoms with Gasteiger partial charge in [0.2, 0.25) is 4.73 Å². The van der Waals surface area contributed by atoms with Crippen molar-refractivity contribution in [3.05, 3.63) is 11.1 Å². The molecule has 0 unspecified atom stereocenters. The predicted molar refractivity (Wildman–Crippen MR) is 49.1 cm³/mol. The van der Waals surface area contributed by atoms with Crippen LogP contribution < -0.4 is 0 Å². The van der Waals surface area contributed by atoms with Crippen molar-refractivity contribution in [1.82, 2.24) is 14.8 Å². The molecule has 6 heteroatoms. The molecule has 0 aliphatic heterocycles. The first kappa shape index (κ1) is 10.2. The molecule has 0 radical (unpaired) electrons. The lowest BCUT2D eigenvalue weighted by Crippen LogP contribution is -2.19. The summed E-state index contributed by atoms with van der Waals surface area (Å²) >= 11 is 3.09. The van der Waals surface area contributed by atoms with Crippen LogP contribution in [0.1, 0.15) is 19.9 Å². The van der Waals surface area contributed by atoms with Crippen LogP contribution in [0, 0.1) is 0 Å². The molecule has 0 saturated carbocycles. The highest BCUT2D eigenvalue weighted by atomic mass is 79.9. The van der Waals surface area contributed by atoms with E-state index in [1.807, 2.05) is 0 Å². The summed E-state index contributed by atoms with van der Waals surface area (Å²) in [6.07, 6.45) is 1.48. The Bertz CT molecular complexity index is 300. The van der Waals surface area contributed by atoms with Gasteiger partial charge in [-0.05, 0) is 29.8 Å². The van der Waals surface area contributed by atoms with Crippen LogP contribution >= 0.6 is 15.9 Å². The maximum Gasteiger partial charge on any atom is 0.330 e. The van der Waals surface area contributed by atoms with E-state index in [1.54, 1.807) is 13.8 Å². The van der Waals surface area contributed by atoms with Crippen LogP contribution in [-0.2, 0) is 9.53 Å². The molecule has 1 aromatic rings. The third-order valence-corrected chi connectivity index (χ3v) is 1.87. The van der Waals surface area contributed by atoms with Gasteiger partial charge in [0.1, 0.15) is 12.4 Å². The van der Waals surface area contributed by atoms with Crippen LogP contribution in [0.4, 0.5) is 0 Å². The molecule has 1 atom stereocenters. The molecule has 0 aromatic carbocycles. The molecule has 1 rings (SSSR count). The zero-order valence-corrected chi connectivity index (χ0v) is 8.98. The van der Waals surface area contributed by atoms with E-state index in [1.165, 1.54) is 11.0 Å². The summed E-state index contributed by atoms with van der Waals surface area (Å²) in [5, 5.41) is 3.94. The Kier molecular flexibility index (Phi) is 3.41. The summed E-state index contributed by atoms with van der Waals surface area (Å²) in [6.45, 7) is 3.85. The molecular weight excluding hydrogens is 238 g/mol. The fourth-order valence-corrected chi connectivity index (χ4v) is 1.09. The van der Waals surface area contributed by atoms with E-state index in [9.17, 15) is 4.79 Å². The minimum Gasteiger partial charge on any atom is -0.464 e. The van der Waals surface area contributed by atoms with Crippen LogP contribution in [0.5, 0.6) is 0 Å². The largest absolute Gasteiger partial charge is 0.464 e. The van der Waals surface area contributed by atoms with E-state index >= 15 is 0 Å². The maximum atomic E-state index is 11.2. The molecule has 0 aliphatic carbocycles. The molecular formula is C7H10BrN3O2. The number of ether oxygens (including phenoxy) is 1. The number of hydrogen-bond donors (Lipinski definition) is 0. The minimum atomic E-state index is -0.432. The normalized spacial score (nSPS) is 12.5. The van der Waals surface area contributed by atoms with Gasteiger partial charge in [0.05, 0.1) is 6.61 Å². The highest BCUT2D eigenvalue weighted by Crippen LogP contribution is 2.08. The van der Waals surface area contributed by atoms with Gasteiger partial charge in [-0.25, -0.2) is 14.5 Å². The summed E-state index contributed by atoms with van der Waals surface area (Å²) < 4.78 is 6.73. The number of carbonyl (C=O) groups is 1. The number of hydrogen-bond acceptors (Lipinski definition) is 4. The second-order valence-electron chi connectivity index (χ2n) is 2.42. The first-order valence-corrected chi connectivity index (χ1v) is 4.67. The molecule has 0 N–H and O–H groups in total. The van der Waals surface area contributed by atoms with Crippen molar-refractivity contribution >= 4 is 21.9 Å². The first-order chi connectivity index (χ1) is 6.15. The van der Waals surface area contributed by atoms with Crippen molar-refractivity contribution < 1.29 is 9.53 Å². The lowest BCUT2D eigenvalue weighted by atomic mass is 10.3. The van der Waals surface area contributed by atoms with Gasteiger partial charge in [0.15, 0.2) is 0 Å². The summed E-state index contributed by atoms with van der Waals surface area (Å²) in [7, 11) is 0. The molecule has 0 amide bonds. The highest BCUT2D eigenvalue weighted by molar-refractivity contribution is 9.10. The van der Waals surface area contributed by atoms with Gasteiger partial charge in [-0.3, -0.25) is 0 Å². The van der Waals surface area contributed by atoms with Crippen molar-refractivity contribution in [2.24, 2.45) is 0 Å². The monoisotopic (exact) mass is 247 g/mol. The van der Waals surface area contributed by atoms with E-state index < -0.39 is 6.04 Å². The topological polar surface area (TPSA) is 57.0 Å². The quantitative estimate of drug-likeness (QED) is 0.753. The number of rotatable bonds is 3. The Morgan fingerprint density at radius 3 is 3.00 bits per heavy atom. The molecule has 0 bridgehead atoms. The summed E-state index contributed by atoms with van der Waals surface area (Å²) in [6, 6.07) is -0.432. The summed E-state index contributed by atoms with van der Waals surface area (Å²) in [4.78, 5) is 15.1. The predicted octanol–water partition coefficient (Wildman–Crippen LogP) is 1.16. The number of nitrogens with zero attached hydrogens (tertiary/aromatic N) is 3. The number of carbonyl (C=O) groups excluding carboxylic acids is 1. The van der Waals surface area contributed by atoms with Crippen LogP contribution in [0.25, 0.3) is 0 Å². The number of aromatic nitrogens is 3. The number of esters is 1. The highest BCUT2D eigenvalue weighted by Gasteiger charge is 2.16. The SMILES string of the molecule is CCOC(=O)[C@@H](C)n1cnc(Br)n1. The van der Waals surface area contributed by atoms with Gasteiger partial charge in [-0.1, -0.05) is 0 Å². The summed E-state index contributed by atoms with van der Waals surface area (Å²) in [5.74, 6) is -0.306. The van der Waals surface area contributed by atoms with Crippen molar-refractivity contribution in [2.45, 2.75) is 19.9 Å². The summed E-state index contributed by atoms with van der Waals surface area (Å²) in [5.41, 5.74) is 0. The van der Waals surface area contributed by atoms with Gasteiger partial charge in [-0.2, -0.15) is 0 Å². The van der Waals surface area contributed by atoms with E-state index in [0.717, 1.165) is 0 Å². The lowest BCUT2D eigenvalue weighted by Gasteiger charge is -2.09. The molecule has 0 fully saturated rings. The third kappa shape index (κ3) is 2.51. The Labute approximate surface area is 84.2 Å². The van der Waals surface area contributed by atoms with Crippen molar-refractivity contribution in [3.8, 4) is 0 Å². The van der Waals surface area contributed by atoms with Gasteiger partial charge in [-0.15, -0.1) is 5.10 Å². The standard InChI is InChI=1S/C7H10BrN3O2/c1-3-13-6(12)5(2)11-4-9-7(8)10-11/h4-5H,3H2,1-2H3/t5-/m1/s1. The third-order valence-electron chi connectivity index (χ3n) is 1.51. The Hall–Kier alpha value is -0.910. The molecule has 5 nitrogen and oxygen atoms in total. The minimum absolute atomic E-state index is 0.306. The van der Waals surface area contributed by atoms with E-state index in [-0.39, 0.29) is 5.97 Å². The Morgan fingerprint density at radius 1 is 1.85 bits per heavy atom. The molecule has 1 aromatic heterocycles. The zero-order chi connectivity index (χ0) is 9.84. The maximum absolute atomic E-state index is 11.2. The van der Waals surface area contributed by atoms with Gasteiger partial charge < -0.3 is 4.74 Å². The molecule has 0 saturated heterocycles. The van der Waals surface area contributed by atoms with Crippen molar-refractivity contribution in [3.63, 3.8) is 0 Å². The Balaban J connectivity index is 2.67. The Morgan fingerprint density at radius 2 is 2.54 bits per heavy atom. The van der Waals surface area contributed by atoms with E-state index in [0.29, 0.717) is 11.3 Å². The average Bonchev–Trinajstić information content (AvgIpc) is 2.51. The molecule has 1 heterocycles. The van der Waals surface area contributed by atoms with Crippen molar-refractivity contribution in [1.29, 1.82) is 0 Å². The smallest absolute Gasteiger partial charge is 0.330 e. The average molecular weight is 248 g/mol. The van der Waals surface area contributed by atoms with Gasteiger partial charge >= 0.3 is 5.97 Å². The molecule has 72 valence electrons. The fourth-order valence-electron chi connectivity index (χ4n) is 0.811. The van der Waals surface area contributed by atoms with Crippen LogP contribution in [0.3, 0.4) is 0 Å². The number of halogens is 1. The zero-order valence-electron chi connectivity index (χ0n) is 7.40. The van der Waals surface area contributed by atoms with E-state index in [4.69, 9.17) is 4.74 Å². The van der Waals surface area contributed by atoms with Crippen molar-refractivity contribution in [2.75, 3.05) is 6.61 Å². The van der Waals surface area contributed by atoms with E-state index in [2.05, 4.69) is 26.0 Å². The van der Waals surface area contributed by atoms with Gasteiger partial charge in [0, 0.05) is 0 Å². The van der Waals surface area contributed by atoms with Gasteiger partial charge in [0.25, 0.3) is 0 Å².